The number of amides is 2. The first-order valence-electron chi connectivity index (χ1n) is 12.3. The maximum atomic E-state index is 12.6. The van der Waals surface area contributed by atoms with E-state index in [4.69, 9.17) is 0 Å². The molecule has 2 amide bonds. The van der Waals surface area contributed by atoms with Crippen LogP contribution in [0.4, 0.5) is 0 Å². The van der Waals surface area contributed by atoms with E-state index in [1.165, 1.54) is 44.6 Å². The van der Waals surface area contributed by atoms with Crippen molar-refractivity contribution in [2.75, 3.05) is 32.7 Å². The van der Waals surface area contributed by atoms with Gasteiger partial charge in [-0.05, 0) is 87.0 Å². The Morgan fingerprint density at radius 1 is 1.09 bits per heavy atom. The second-order valence-corrected chi connectivity index (χ2v) is 10.1. The van der Waals surface area contributed by atoms with Gasteiger partial charge in [0.25, 0.3) is 0 Å². The zero-order chi connectivity index (χ0) is 22.4. The summed E-state index contributed by atoms with van der Waals surface area (Å²) in [5.74, 6) is -0.429. The summed E-state index contributed by atoms with van der Waals surface area (Å²) >= 11 is 0. The first kappa shape index (κ1) is 20.8. The summed E-state index contributed by atoms with van der Waals surface area (Å²) < 4.78 is 2.02. The van der Waals surface area contributed by atoms with Crippen molar-refractivity contribution in [3.63, 3.8) is 0 Å². The number of piperidine rings is 2. The molecule has 0 saturated carbocycles. The van der Waals surface area contributed by atoms with E-state index in [1.807, 2.05) is 10.6 Å². The molecule has 33 heavy (non-hydrogen) atoms. The van der Waals surface area contributed by atoms with E-state index in [0.717, 1.165) is 41.3 Å². The van der Waals surface area contributed by atoms with Gasteiger partial charge < -0.3 is 14.8 Å². The van der Waals surface area contributed by atoms with Gasteiger partial charge in [0.15, 0.2) is 0 Å². The predicted octanol–water partition coefficient (Wildman–Crippen LogP) is 2.79. The normalized spacial score (nSPS) is 23.2. The van der Waals surface area contributed by atoms with Crippen LogP contribution in [0.3, 0.4) is 0 Å². The summed E-state index contributed by atoms with van der Waals surface area (Å²) in [5, 5.41) is 8.18. The second-order valence-electron chi connectivity index (χ2n) is 10.1. The molecule has 3 aliphatic heterocycles. The number of nitrogens with one attached hydrogen (secondary N) is 2. The highest BCUT2D eigenvalue weighted by Gasteiger charge is 2.42. The number of aryl methyl sites for hydroxylation is 1. The number of pyridine rings is 1. The first-order chi connectivity index (χ1) is 16.1. The van der Waals surface area contributed by atoms with E-state index in [9.17, 15) is 9.59 Å². The minimum absolute atomic E-state index is 0.194. The van der Waals surface area contributed by atoms with E-state index in [-0.39, 0.29) is 11.8 Å². The van der Waals surface area contributed by atoms with Crippen molar-refractivity contribution in [1.82, 2.24) is 25.1 Å². The number of likely N-dealkylation sites (tertiary alicyclic amines) is 1. The van der Waals surface area contributed by atoms with E-state index < -0.39 is 6.04 Å². The number of rotatable bonds is 5. The van der Waals surface area contributed by atoms with Gasteiger partial charge in [-0.1, -0.05) is 6.07 Å². The third kappa shape index (κ3) is 3.73. The third-order valence-corrected chi connectivity index (χ3v) is 7.87. The molecule has 2 N–H and O–H groups in total. The molecular formula is C26H31N5O2. The Bertz CT molecular complexity index is 1220. The molecule has 0 bridgehead atoms. The summed E-state index contributed by atoms with van der Waals surface area (Å²) in [6, 6.07) is 10.2. The minimum atomic E-state index is -0.405. The highest BCUT2D eigenvalue weighted by atomic mass is 16.2. The Morgan fingerprint density at radius 3 is 2.76 bits per heavy atom. The molecule has 3 fully saturated rings. The molecule has 6 rings (SSSR count). The first-order valence-corrected chi connectivity index (χ1v) is 12.3. The van der Waals surface area contributed by atoms with Crippen molar-refractivity contribution >= 4 is 33.8 Å². The van der Waals surface area contributed by atoms with Crippen LogP contribution in [0.15, 0.2) is 36.5 Å². The summed E-state index contributed by atoms with van der Waals surface area (Å²) in [4.78, 5) is 31.5. The number of carbonyl (C=O) groups excluding carboxylic acids is 2. The topological polar surface area (TPSA) is 79.3 Å². The average Bonchev–Trinajstić information content (AvgIpc) is 3.12. The molecule has 3 aliphatic rings. The molecule has 0 radical (unpaired) electrons. The quantitative estimate of drug-likeness (QED) is 0.591. The summed E-state index contributed by atoms with van der Waals surface area (Å²) in [5.41, 5.74) is 3.74. The lowest BCUT2D eigenvalue weighted by Gasteiger charge is -2.52. The smallest absolute Gasteiger partial charge is 0.249 e. The molecule has 1 spiro atoms. The second kappa shape index (κ2) is 8.22. The number of hydrogen-bond donors (Lipinski definition) is 2. The third-order valence-electron chi connectivity index (χ3n) is 7.87. The molecule has 0 aliphatic carbocycles. The van der Waals surface area contributed by atoms with Gasteiger partial charge >= 0.3 is 0 Å². The van der Waals surface area contributed by atoms with Crippen molar-refractivity contribution < 1.29 is 9.59 Å². The standard InChI is InChI=1S/C26H31N5O2/c32-23-8-7-22(25(33)29-23)31-21-6-5-18(15-20(21)19-4-1-11-28-24(19)31)3-2-14-30-16-26(17-30)9-12-27-13-10-26/h1,4-6,11,15,22,27H,2-3,7-10,12-14,16-17H2,(H,29,32,33). The number of hydrogen-bond acceptors (Lipinski definition) is 5. The van der Waals surface area contributed by atoms with Crippen molar-refractivity contribution in [3.8, 4) is 0 Å². The predicted molar refractivity (Wildman–Crippen MR) is 128 cm³/mol. The summed E-state index contributed by atoms with van der Waals surface area (Å²) in [6.45, 7) is 6.04. The monoisotopic (exact) mass is 445 g/mol. The lowest BCUT2D eigenvalue weighted by atomic mass is 9.72. The molecule has 3 saturated heterocycles. The lowest BCUT2D eigenvalue weighted by molar-refractivity contribution is -0.135. The van der Waals surface area contributed by atoms with Gasteiger partial charge in [0, 0.05) is 36.5 Å². The van der Waals surface area contributed by atoms with Crippen molar-refractivity contribution in [1.29, 1.82) is 0 Å². The number of carbonyl (C=O) groups is 2. The Morgan fingerprint density at radius 2 is 1.94 bits per heavy atom. The van der Waals surface area contributed by atoms with Crippen LogP contribution in [0, 0.1) is 5.41 Å². The van der Waals surface area contributed by atoms with Gasteiger partial charge in [-0.3, -0.25) is 14.9 Å². The van der Waals surface area contributed by atoms with E-state index >= 15 is 0 Å². The van der Waals surface area contributed by atoms with Gasteiger partial charge in [-0.25, -0.2) is 4.98 Å². The van der Waals surface area contributed by atoms with Gasteiger partial charge in [0.05, 0.1) is 5.52 Å². The van der Waals surface area contributed by atoms with Crippen LogP contribution < -0.4 is 10.6 Å². The number of nitrogens with zero attached hydrogens (tertiary/aromatic N) is 3. The molecule has 7 heteroatoms. The van der Waals surface area contributed by atoms with E-state index in [2.05, 4.69) is 44.8 Å². The molecule has 7 nitrogen and oxygen atoms in total. The fourth-order valence-electron chi connectivity index (χ4n) is 6.16. The van der Waals surface area contributed by atoms with Crippen LogP contribution in [-0.4, -0.2) is 59.0 Å². The molecule has 2 aromatic heterocycles. The minimum Gasteiger partial charge on any atom is -0.317 e. The lowest BCUT2D eigenvalue weighted by Crippen LogP contribution is -2.59. The molecule has 5 heterocycles. The highest BCUT2D eigenvalue weighted by molar-refractivity contribution is 6.09. The van der Waals surface area contributed by atoms with Crippen LogP contribution in [0.25, 0.3) is 21.9 Å². The van der Waals surface area contributed by atoms with Crippen molar-refractivity contribution in [2.45, 2.75) is 44.6 Å². The van der Waals surface area contributed by atoms with E-state index in [1.54, 1.807) is 6.20 Å². The summed E-state index contributed by atoms with van der Waals surface area (Å²) in [6.07, 6.45) is 7.49. The Hall–Kier alpha value is -2.77. The van der Waals surface area contributed by atoms with Crippen LogP contribution in [-0.2, 0) is 16.0 Å². The van der Waals surface area contributed by atoms with Crippen molar-refractivity contribution in [3.05, 3.63) is 42.1 Å². The molecule has 1 aromatic carbocycles. The SMILES string of the molecule is O=C1CCC(n2c3ccc(CCCN4CC5(CCNCC5)C4)cc3c3cccnc32)C(=O)N1. The molecule has 3 aromatic rings. The maximum absolute atomic E-state index is 12.6. The number of imide groups is 1. The highest BCUT2D eigenvalue weighted by Crippen LogP contribution is 2.39. The fraction of sp³-hybridized carbons (Fsp3) is 0.500. The fourth-order valence-corrected chi connectivity index (χ4v) is 6.16. The van der Waals surface area contributed by atoms with Crippen LogP contribution in [0.1, 0.15) is 43.7 Å². The molecule has 1 unspecified atom stereocenters. The van der Waals surface area contributed by atoms with Gasteiger partial charge in [-0.15, -0.1) is 0 Å². The van der Waals surface area contributed by atoms with Crippen LogP contribution in [0.5, 0.6) is 0 Å². The summed E-state index contributed by atoms with van der Waals surface area (Å²) in [7, 11) is 0. The zero-order valence-electron chi connectivity index (χ0n) is 19.0. The Kier molecular flexibility index (Phi) is 5.18. The number of fused-ring (bicyclic) bond motifs is 3. The van der Waals surface area contributed by atoms with Gasteiger partial charge in [-0.2, -0.15) is 0 Å². The van der Waals surface area contributed by atoms with Crippen molar-refractivity contribution in [2.24, 2.45) is 5.41 Å². The Balaban J connectivity index is 1.20. The zero-order valence-corrected chi connectivity index (χ0v) is 19.0. The molecule has 1 atom stereocenters. The largest absolute Gasteiger partial charge is 0.317 e. The maximum Gasteiger partial charge on any atom is 0.249 e. The number of benzene rings is 1. The van der Waals surface area contributed by atoms with Crippen LogP contribution >= 0.6 is 0 Å². The van der Waals surface area contributed by atoms with E-state index in [0.29, 0.717) is 18.3 Å². The van der Waals surface area contributed by atoms with Crippen LogP contribution in [0.2, 0.25) is 0 Å². The van der Waals surface area contributed by atoms with Gasteiger partial charge in [0.2, 0.25) is 11.8 Å². The van der Waals surface area contributed by atoms with Gasteiger partial charge in [0.1, 0.15) is 11.7 Å². The Labute approximate surface area is 193 Å². The number of aromatic nitrogens is 2. The molecular weight excluding hydrogens is 414 g/mol. The molecule has 172 valence electrons. The average molecular weight is 446 g/mol.